The molecule has 0 aromatic carbocycles. The quantitative estimate of drug-likeness (QED) is 0.186. The molecule has 27 heavy (non-hydrogen) atoms. The van der Waals surface area contributed by atoms with E-state index in [0.717, 1.165) is 38.5 Å². The van der Waals surface area contributed by atoms with E-state index in [1.807, 2.05) is 0 Å². The van der Waals surface area contributed by atoms with Crippen molar-refractivity contribution in [3.63, 3.8) is 0 Å². The number of aliphatic hydroxyl groups is 3. The van der Waals surface area contributed by atoms with Gasteiger partial charge in [0.1, 0.15) is 0 Å². The van der Waals surface area contributed by atoms with E-state index in [1.165, 1.54) is 89.9 Å². The first-order valence-corrected chi connectivity index (χ1v) is 12.2. The van der Waals surface area contributed by atoms with Gasteiger partial charge in [0.15, 0.2) is 0 Å². The van der Waals surface area contributed by atoms with Crippen molar-refractivity contribution in [2.24, 2.45) is 0 Å². The zero-order valence-corrected chi connectivity index (χ0v) is 18.3. The van der Waals surface area contributed by atoms with Crippen LogP contribution in [0.2, 0.25) is 0 Å². The Hall–Kier alpha value is -0.120. The molecule has 0 spiro atoms. The molecule has 0 aromatic rings. The predicted molar refractivity (Wildman–Crippen MR) is 117 cm³/mol. The highest BCUT2D eigenvalue weighted by molar-refractivity contribution is 4.67. The predicted octanol–water partition coefficient (Wildman–Crippen LogP) is 6.52. The Labute approximate surface area is 170 Å². The fourth-order valence-corrected chi connectivity index (χ4v) is 3.75. The average Bonchev–Trinajstić information content (AvgIpc) is 2.67. The highest BCUT2D eigenvalue weighted by Gasteiger charge is 2.15. The second kappa shape index (κ2) is 22.2. The molecule has 0 radical (unpaired) electrons. The Bertz CT molecular complexity index is 270. The molecule has 2 atom stereocenters. The van der Waals surface area contributed by atoms with Gasteiger partial charge in [0.05, 0.1) is 12.2 Å². The molecule has 0 fully saturated rings. The van der Waals surface area contributed by atoms with Gasteiger partial charge in [0.25, 0.3) is 0 Å². The Morgan fingerprint density at radius 3 is 1.07 bits per heavy atom. The monoisotopic (exact) mass is 386 g/mol. The standard InChI is InChI=1S/C24H50O3/c1-2-3-4-5-6-11-14-17-20-23(26)24(27)21-18-15-12-9-7-8-10-13-16-19-22-25/h23-27H,2-22H2,1H3. The molecule has 164 valence electrons. The molecule has 3 heteroatoms. The lowest BCUT2D eigenvalue weighted by atomic mass is 9.99. The molecule has 3 N–H and O–H groups in total. The Balaban J connectivity index is 3.30. The first-order valence-electron chi connectivity index (χ1n) is 12.2. The van der Waals surface area contributed by atoms with Crippen molar-refractivity contribution >= 4 is 0 Å². The van der Waals surface area contributed by atoms with Crippen LogP contribution in [0, 0.1) is 0 Å². The second-order valence-corrected chi connectivity index (χ2v) is 8.45. The van der Waals surface area contributed by atoms with Crippen LogP contribution < -0.4 is 0 Å². The summed E-state index contributed by atoms with van der Waals surface area (Å²) < 4.78 is 0. The van der Waals surface area contributed by atoms with Gasteiger partial charge in [-0.25, -0.2) is 0 Å². The van der Waals surface area contributed by atoms with Crippen LogP contribution in [-0.4, -0.2) is 34.1 Å². The molecule has 0 bridgehead atoms. The van der Waals surface area contributed by atoms with E-state index in [2.05, 4.69) is 6.92 Å². The van der Waals surface area contributed by atoms with Crippen molar-refractivity contribution < 1.29 is 15.3 Å². The maximum atomic E-state index is 10.1. The van der Waals surface area contributed by atoms with Gasteiger partial charge in [0, 0.05) is 6.61 Å². The lowest BCUT2D eigenvalue weighted by molar-refractivity contribution is 0.00711. The summed E-state index contributed by atoms with van der Waals surface area (Å²) in [6.07, 6.45) is 22.7. The van der Waals surface area contributed by atoms with Crippen molar-refractivity contribution in [3.05, 3.63) is 0 Å². The van der Waals surface area contributed by atoms with E-state index in [9.17, 15) is 10.2 Å². The second-order valence-electron chi connectivity index (χ2n) is 8.45. The minimum atomic E-state index is -0.527. The van der Waals surface area contributed by atoms with E-state index >= 15 is 0 Å². The van der Waals surface area contributed by atoms with Crippen LogP contribution in [0.3, 0.4) is 0 Å². The summed E-state index contributed by atoms with van der Waals surface area (Å²) in [6.45, 7) is 2.58. The zero-order chi connectivity index (χ0) is 20.0. The number of rotatable bonds is 22. The SMILES string of the molecule is CCCCCCCCCCC(O)C(O)CCCCCCCCCCCCO. The van der Waals surface area contributed by atoms with Crippen LogP contribution in [0.5, 0.6) is 0 Å². The maximum Gasteiger partial charge on any atom is 0.0799 e. The van der Waals surface area contributed by atoms with Gasteiger partial charge in [0.2, 0.25) is 0 Å². The molecule has 0 rings (SSSR count). The molecule has 0 amide bonds. The Morgan fingerprint density at radius 2 is 0.741 bits per heavy atom. The van der Waals surface area contributed by atoms with Crippen LogP contribution in [0.15, 0.2) is 0 Å². The van der Waals surface area contributed by atoms with Gasteiger partial charge in [-0.05, 0) is 19.3 Å². The maximum absolute atomic E-state index is 10.1. The molecule has 0 aliphatic heterocycles. The average molecular weight is 387 g/mol. The zero-order valence-electron chi connectivity index (χ0n) is 18.3. The minimum Gasteiger partial charge on any atom is -0.396 e. The molecule has 2 unspecified atom stereocenters. The van der Waals surface area contributed by atoms with Crippen molar-refractivity contribution in [1.82, 2.24) is 0 Å². The fraction of sp³-hybridized carbons (Fsp3) is 1.00. The van der Waals surface area contributed by atoms with E-state index in [1.54, 1.807) is 0 Å². The van der Waals surface area contributed by atoms with Crippen molar-refractivity contribution in [3.8, 4) is 0 Å². The van der Waals surface area contributed by atoms with Gasteiger partial charge in [-0.3, -0.25) is 0 Å². The third-order valence-electron chi connectivity index (χ3n) is 5.71. The Kier molecular flexibility index (Phi) is 22.1. The number of unbranched alkanes of at least 4 members (excludes halogenated alkanes) is 16. The highest BCUT2D eigenvalue weighted by Crippen LogP contribution is 2.16. The largest absolute Gasteiger partial charge is 0.396 e. The summed E-state index contributed by atoms with van der Waals surface area (Å²) >= 11 is 0. The third kappa shape index (κ3) is 20.4. The fourth-order valence-electron chi connectivity index (χ4n) is 3.75. The molecule has 0 saturated heterocycles. The van der Waals surface area contributed by atoms with Crippen molar-refractivity contribution in [2.45, 2.75) is 148 Å². The summed E-state index contributed by atoms with van der Waals surface area (Å²) in [4.78, 5) is 0. The van der Waals surface area contributed by atoms with E-state index in [-0.39, 0.29) is 0 Å². The topological polar surface area (TPSA) is 60.7 Å². The van der Waals surface area contributed by atoms with Gasteiger partial charge in [-0.2, -0.15) is 0 Å². The third-order valence-corrected chi connectivity index (χ3v) is 5.71. The first-order chi connectivity index (χ1) is 13.2. The van der Waals surface area contributed by atoms with E-state index in [4.69, 9.17) is 5.11 Å². The van der Waals surface area contributed by atoms with Gasteiger partial charge in [-0.15, -0.1) is 0 Å². The van der Waals surface area contributed by atoms with Crippen molar-refractivity contribution in [2.75, 3.05) is 6.61 Å². The van der Waals surface area contributed by atoms with E-state index < -0.39 is 12.2 Å². The summed E-state index contributed by atoms with van der Waals surface area (Å²) in [5, 5.41) is 28.9. The lowest BCUT2D eigenvalue weighted by Gasteiger charge is -2.17. The highest BCUT2D eigenvalue weighted by atomic mass is 16.3. The number of hydrogen-bond acceptors (Lipinski definition) is 3. The molecule has 0 heterocycles. The summed E-state index contributed by atoms with van der Waals surface area (Å²) in [6, 6.07) is 0. The lowest BCUT2D eigenvalue weighted by Crippen LogP contribution is -2.25. The number of aliphatic hydroxyl groups excluding tert-OH is 3. The minimum absolute atomic E-state index is 0.333. The molecule has 0 aliphatic carbocycles. The molecule has 0 aliphatic rings. The molecule has 0 saturated carbocycles. The molecular formula is C24H50O3. The first kappa shape index (κ1) is 26.9. The van der Waals surface area contributed by atoms with E-state index in [0.29, 0.717) is 6.61 Å². The van der Waals surface area contributed by atoms with Crippen LogP contribution in [0.25, 0.3) is 0 Å². The van der Waals surface area contributed by atoms with Crippen molar-refractivity contribution in [1.29, 1.82) is 0 Å². The van der Waals surface area contributed by atoms with Crippen LogP contribution >= 0.6 is 0 Å². The summed E-state index contributed by atoms with van der Waals surface area (Å²) in [5.41, 5.74) is 0. The van der Waals surface area contributed by atoms with Crippen LogP contribution in [0.4, 0.5) is 0 Å². The Morgan fingerprint density at radius 1 is 0.444 bits per heavy atom. The van der Waals surface area contributed by atoms with Crippen LogP contribution in [0.1, 0.15) is 135 Å². The normalized spacial score (nSPS) is 13.8. The van der Waals surface area contributed by atoms with Crippen LogP contribution in [-0.2, 0) is 0 Å². The molecular weight excluding hydrogens is 336 g/mol. The molecule has 0 aromatic heterocycles. The van der Waals surface area contributed by atoms with Gasteiger partial charge in [-0.1, -0.05) is 116 Å². The van der Waals surface area contributed by atoms with Gasteiger partial charge < -0.3 is 15.3 Å². The summed E-state index contributed by atoms with van der Waals surface area (Å²) in [5.74, 6) is 0. The van der Waals surface area contributed by atoms with Gasteiger partial charge >= 0.3 is 0 Å². The smallest absolute Gasteiger partial charge is 0.0799 e. The summed E-state index contributed by atoms with van der Waals surface area (Å²) in [7, 11) is 0. The molecule has 3 nitrogen and oxygen atoms in total. The number of hydrogen-bond donors (Lipinski definition) is 3.